The highest BCUT2D eigenvalue weighted by Crippen LogP contribution is 2.20. The normalized spacial score (nSPS) is 14.4. The lowest BCUT2D eigenvalue weighted by atomic mass is 10.3. The fraction of sp³-hybridized carbons (Fsp3) is 0.364. The fourth-order valence-corrected chi connectivity index (χ4v) is 3.28. The standard InChI is InChI=1S/C22H26ClN3O4/c23-19-8-4-5-9-20(19)24-21(27)16-25-10-12-26(13-11-25)22(28)17-29-14-15-30-18-6-2-1-3-7-18/h1-9H,10-17H2,(H,24,27). The lowest BCUT2D eigenvalue weighted by molar-refractivity contribution is -0.138. The van der Waals surface area contributed by atoms with Crippen LogP contribution in [-0.2, 0) is 14.3 Å². The Morgan fingerprint density at radius 2 is 1.63 bits per heavy atom. The lowest BCUT2D eigenvalue weighted by Crippen LogP contribution is -2.51. The van der Waals surface area contributed by atoms with E-state index in [2.05, 4.69) is 5.32 Å². The van der Waals surface area contributed by atoms with Crippen LogP contribution in [0.25, 0.3) is 0 Å². The molecule has 3 rings (SSSR count). The Bertz CT molecular complexity index is 826. The van der Waals surface area contributed by atoms with Crippen LogP contribution in [0.4, 0.5) is 5.69 Å². The maximum Gasteiger partial charge on any atom is 0.248 e. The summed E-state index contributed by atoms with van der Waals surface area (Å²) in [5.41, 5.74) is 0.603. The molecule has 0 saturated carbocycles. The summed E-state index contributed by atoms with van der Waals surface area (Å²) in [6.07, 6.45) is 0. The number of carbonyl (C=O) groups is 2. The Hall–Kier alpha value is -2.61. The average Bonchev–Trinajstić information content (AvgIpc) is 2.76. The van der Waals surface area contributed by atoms with E-state index in [1.54, 1.807) is 17.0 Å². The molecule has 1 aliphatic rings. The summed E-state index contributed by atoms with van der Waals surface area (Å²) in [4.78, 5) is 28.3. The summed E-state index contributed by atoms with van der Waals surface area (Å²) >= 11 is 6.07. The van der Waals surface area contributed by atoms with Gasteiger partial charge in [0.1, 0.15) is 19.0 Å². The van der Waals surface area contributed by atoms with Crippen LogP contribution in [0, 0.1) is 0 Å². The molecule has 1 heterocycles. The Balaban J connectivity index is 1.29. The van der Waals surface area contributed by atoms with Gasteiger partial charge in [0.05, 0.1) is 23.9 Å². The number of rotatable bonds is 9. The largest absolute Gasteiger partial charge is 0.491 e. The third-order valence-electron chi connectivity index (χ3n) is 4.71. The van der Waals surface area contributed by atoms with Gasteiger partial charge in [-0.15, -0.1) is 0 Å². The summed E-state index contributed by atoms with van der Waals surface area (Å²) in [5.74, 6) is 0.613. The Morgan fingerprint density at radius 3 is 2.37 bits per heavy atom. The second kappa shape index (κ2) is 11.5. The van der Waals surface area contributed by atoms with E-state index in [0.29, 0.717) is 50.1 Å². The van der Waals surface area contributed by atoms with E-state index in [9.17, 15) is 9.59 Å². The minimum absolute atomic E-state index is 0.0329. The molecule has 0 aliphatic carbocycles. The molecule has 2 aromatic rings. The topological polar surface area (TPSA) is 71.1 Å². The monoisotopic (exact) mass is 431 g/mol. The third-order valence-corrected chi connectivity index (χ3v) is 5.03. The van der Waals surface area contributed by atoms with Crippen LogP contribution >= 0.6 is 11.6 Å². The van der Waals surface area contributed by atoms with Gasteiger partial charge in [0.2, 0.25) is 11.8 Å². The number of amides is 2. The molecule has 0 unspecified atom stereocenters. The number of nitrogens with zero attached hydrogens (tertiary/aromatic N) is 2. The van der Waals surface area contributed by atoms with E-state index in [1.165, 1.54) is 0 Å². The van der Waals surface area contributed by atoms with Crippen molar-refractivity contribution in [1.82, 2.24) is 9.80 Å². The number of hydrogen-bond donors (Lipinski definition) is 1. The summed E-state index contributed by atoms with van der Waals surface area (Å²) in [5, 5.41) is 3.33. The van der Waals surface area contributed by atoms with E-state index in [0.717, 1.165) is 5.75 Å². The van der Waals surface area contributed by atoms with Crippen molar-refractivity contribution in [3.63, 3.8) is 0 Å². The molecular weight excluding hydrogens is 406 g/mol. The molecule has 2 amide bonds. The van der Waals surface area contributed by atoms with Crippen LogP contribution in [0.1, 0.15) is 0 Å². The molecule has 1 aliphatic heterocycles. The fourth-order valence-electron chi connectivity index (χ4n) is 3.10. The second-order valence-electron chi connectivity index (χ2n) is 6.90. The van der Waals surface area contributed by atoms with Crippen LogP contribution in [0.2, 0.25) is 5.02 Å². The van der Waals surface area contributed by atoms with Gasteiger partial charge in [0, 0.05) is 26.2 Å². The van der Waals surface area contributed by atoms with Crippen molar-refractivity contribution in [2.75, 3.05) is 57.9 Å². The van der Waals surface area contributed by atoms with Gasteiger partial charge in [-0.3, -0.25) is 14.5 Å². The van der Waals surface area contributed by atoms with E-state index in [-0.39, 0.29) is 25.0 Å². The molecule has 30 heavy (non-hydrogen) atoms. The highest BCUT2D eigenvalue weighted by atomic mass is 35.5. The first-order chi connectivity index (χ1) is 14.6. The smallest absolute Gasteiger partial charge is 0.248 e. The molecule has 0 radical (unpaired) electrons. The Labute approximate surface area is 181 Å². The van der Waals surface area contributed by atoms with Gasteiger partial charge in [-0.1, -0.05) is 41.9 Å². The predicted octanol–water partition coefficient (Wildman–Crippen LogP) is 2.52. The van der Waals surface area contributed by atoms with Crippen molar-refractivity contribution < 1.29 is 19.1 Å². The molecule has 7 nitrogen and oxygen atoms in total. The first-order valence-corrected chi connectivity index (χ1v) is 10.3. The molecule has 0 spiro atoms. The quantitative estimate of drug-likeness (QED) is 0.618. The van der Waals surface area contributed by atoms with Crippen molar-refractivity contribution in [1.29, 1.82) is 0 Å². The Kier molecular flexibility index (Phi) is 8.50. The number of ether oxygens (including phenoxy) is 2. The Morgan fingerprint density at radius 1 is 0.933 bits per heavy atom. The number of hydrogen-bond acceptors (Lipinski definition) is 5. The zero-order valence-electron chi connectivity index (χ0n) is 16.8. The number of benzene rings is 2. The molecule has 1 saturated heterocycles. The number of anilines is 1. The first-order valence-electron chi connectivity index (χ1n) is 9.92. The SMILES string of the molecule is O=C(CN1CCN(C(=O)COCCOc2ccccc2)CC1)Nc1ccccc1Cl. The van der Waals surface area contributed by atoms with Crippen molar-refractivity contribution >= 4 is 29.1 Å². The van der Waals surface area contributed by atoms with E-state index >= 15 is 0 Å². The molecule has 8 heteroatoms. The summed E-state index contributed by atoms with van der Waals surface area (Å²) in [6, 6.07) is 16.6. The van der Waals surface area contributed by atoms with Gasteiger partial charge in [-0.05, 0) is 24.3 Å². The van der Waals surface area contributed by atoms with Crippen molar-refractivity contribution in [2.45, 2.75) is 0 Å². The average molecular weight is 432 g/mol. The first kappa shape index (κ1) is 22.1. The summed E-state index contributed by atoms with van der Waals surface area (Å²) < 4.78 is 11.0. The zero-order chi connectivity index (χ0) is 21.2. The highest BCUT2D eigenvalue weighted by Gasteiger charge is 2.22. The maximum atomic E-state index is 12.3. The summed E-state index contributed by atoms with van der Waals surface area (Å²) in [6.45, 7) is 3.46. The van der Waals surface area contributed by atoms with E-state index < -0.39 is 0 Å². The molecule has 0 bridgehead atoms. The van der Waals surface area contributed by atoms with Crippen molar-refractivity contribution in [3.05, 3.63) is 59.6 Å². The van der Waals surface area contributed by atoms with Crippen LogP contribution in [-0.4, -0.2) is 74.2 Å². The number of nitrogens with one attached hydrogen (secondary N) is 1. The minimum Gasteiger partial charge on any atom is -0.491 e. The number of halogens is 1. The molecule has 0 aromatic heterocycles. The predicted molar refractivity (Wildman–Crippen MR) is 116 cm³/mol. The van der Waals surface area contributed by atoms with Crippen molar-refractivity contribution in [2.24, 2.45) is 0 Å². The van der Waals surface area contributed by atoms with Crippen LogP contribution in [0.15, 0.2) is 54.6 Å². The minimum atomic E-state index is -0.121. The highest BCUT2D eigenvalue weighted by molar-refractivity contribution is 6.33. The van der Waals surface area contributed by atoms with Crippen LogP contribution < -0.4 is 10.1 Å². The van der Waals surface area contributed by atoms with E-state index in [1.807, 2.05) is 47.4 Å². The van der Waals surface area contributed by atoms with E-state index in [4.69, 9.17) is 21.1 Å². The molecule has 1 N–H and O–H groups in total. The molecule has 160 valence electrons. The van der Waals surface area contributed by atoms with Gasteiger partial charge in [-0.25, -0.2) is 0 Å². The molecular formula is C22H26ClN3O4. The van der Waals surface area contributed by atoms with Gasteiger partial charge >= 0.3 is 0 Å². The second-order valence-corrected chi connectivity index (χ2v) is 7.31. The molecule has 1 fully saturated rings. The number of carbonyl (C=O) groups excluding carboxylic acids is 2. The lowest BCUT2D eigenvalue weighted by Gasteiger charge is -2.34. The van der Waals surface area contributed by atoms with Crippen LogP contribution in [0.3, 0.4) is 0 Å². The van der Waals surface area contributed by atoms with Gasteiger partial charge in [0.25, 0.3) is 0 Å². The maximum absolute atomic E-state index is 12.3. The molecule has 0 atom stereocenters. The molecule has 2 aromatic carbocycles. The van der Waals surface area contributed by atoms with Crippen molar-refractivity contribution in [3.8, 4) is 5.75 Å². The van der Waals surface area contributed by atoms with Crippen LogP contribution in [0.5, 0.6) is 5.75 Å². The zero-order valence-corrected chi connectivity index (χ0v) is 17.5. The summed E-state index contributed by atoms with van der Waals surface area (Å²) in [7, 11) is 0. The number of piperazine rings is 1. The van der Waals surface area contributed by atoms with Gasteiger partial charge < -0.3 is 19.7 Å². The third kappa shape index (κ3) is 7.02. The number of para-hydroxylation sites is 2. The van der Waals surface area contributed by atoms with Gasteiger partial charge in [0.15, 0.2) is 0 Å². The van der Waals surface area contributed by atoms with Gasteiger partial charge in [-0.2, -0.15) is 0 Å².